The summed E-state index contributed by atoms with van der Waals surface area (Å²) in [6.07, 6.45) is 8.47. The highest BCUT2D eigenvalue weighted by Gasteiger charge is 2.23. The van der Waals surface area contributed by atoms with E-state index in [1.165, 1.54) is 32.1 Å². The first-order valence-electron chi connectivity index (χ1n) is 6.52. The van der Waals surface area contributed by atoms with Crippen molar-refractivity contribution >= 4 is 11.8 Å². The minimum Gasteiger partial charge on any atom is -0.390 e. The number of hydrogen-bond donors (Lipinski definition) is 1. The highest BCUT2D eigenvalue weighted by molar-refractivity contribution is 7.99. The monoisotopic (exact) mass is 254 g/mol. The van der Waals surface area contributed by atoms with Gasteiger partial charge in [-0.15, -0.1) is 0 Å². The van der Waals surface area contributed by atoms with Crippen molar-refractivity contribution in [2.24, 2.45) is 13.0 Å². The molecule has 1 aliphatic carbocycles. The molecule has 0 spiro atoms. The SMILES string of the molecule is CCC1CCCC(Sc2ncc(CO)n2C)C1. The Morgan fingerprint density at radius 1 is 1.53 bits per heavy atom. The number of aromatic nitrogens is 2. The van der Waals surface area contributed by atoms with E-state index in [0.29, 0.717) is 5.25 Å². The highest BCUT2D eigenvalue weighted by atomic mass is 32.2. The van der Waals surface area contributed by atoms with Crippen LogP contribution in [0.2, 0.25) is 0 Å². The number of imidazole rings is 1. The predicted octanol–water partition coefficient (Wildman–Crippen LogP) is 2.97. The summed E-state index contributed by atoms with van der Waals surface area (Å²) in [6, 6.07) is 0. The average Bonchev–Trinajstić information content (AvgIpc) is 2.71. The summed E-state index contributed by atoms with van der Waals surface area (Å²) in [7, 11) is 1.99. The third-order valence-corrected chi connectivity index (χ3v) is 5.14. The number of rotatable bonds is 4. The van der Waals surface area contributed by atoms with Crippen LogP contribution in [0.4, 0.5) is 0 Å². The fraction of sp³-hybridized carbons (Fsp3) is 0.769. The Labute approximate surface area is 108 Å². The summed E-state index contributed by atoms with van der Waals surface area (Å²) in [6.45, 7) is 2.37. The van der Waals surface area contributed by atoms with E-state index in [9.17, 15) is 0 Å². The molecule has 0 bridgehead atoms. The van der Waals surface area contributed by atoms with Crippen molar-refractivity contribution < 1.29 is 5.11 Å². The summed E-state index contributed by atoms with van der Waals surface area (Å²) >= 11 is 1.89. The molecule has 1 fully saturated rings. The van der Waals surface area contributed by atoms with Crippen LogP contribution in [0, 0.1) is 5.92 Å². The Balaban J connectivity index is 1.97. The molecule has 4 heteroatoms. The average molecular weight is 254 g/mol. The molecule has 0 aliphatic heterocycles. The molecule has 3 nitrogen and oxygen atoms in total. The molecule has 1 aromatic rings. The van der Waals surface area contributed by atoms with Gasteiger partial charge >= 0.3 is 0 Å². The lowest BCUT2D eigenvalue weighted by Gasteiger charge is -2.27. The Morgan fingerprint density at radius 2 is 2.35 bits per heavy atom. The maximum atomic E-state index is 9.15. The van der Waals surface area contributed by atoms with E-state index < -0.39 is 0 Å². The molecule has 1 saturated carbocycles. The second-order valence-corrected chi connectivity index (χ2v) is 6.20. The van der Waals surface area contributed by atoms with Gasteiger partial charge in [-0.3, -0.25) is 0 Å². The van der Waals surface area contributed by atoms with Gasteiger partial charge < -0.3 is 9.67 Å². The molecular weight excluding hydrogens is 232 g/mol. The Bertz CT molecular complexity index is 364. The first kappa shape index (κ1) is 13.0. The zero-order valence-electron chi connectivity index (χ0n) is 10.7. The lowest BCUT2D eigenvalue weighted by atomic mass is 9.87. The van der Waals surface area contributed by atoms with E-state index in [-0.39, 0.29) is 6.61 Å². The second kappa shape index (κ2) is 5.91. The van der Waals surface area contributed by atoms with Crippen LogP contribution in [0.25, 0.3) is 0 Å². The number of aliphatic hydroxyl groups is 1. The molecule has 17 heavy (non-hydrogen) atoms. The zero-order chi connectivity index (χ0) is 12.3. The van der Waals surface area contributed by atoms with Crippen LogP contribution in [-0.4, -0.2) is 19.9 Å². The van der Waals surface area contributed by atoms with Gasteiger partial charge in [0.05, 0.1) is 18.5 Å². The van der Waals surface area contributed by atoms with Crippen molar-refractivity contribution in [1.29, 1.82) is 0 Å². The highest BCUT2D eigenvalue weighted by Crippen LogP contribution is 2.36. The van der Waals surface area contributed by atoms with Crippen LogP contribution in [0.5, 0.6) is 0 Å². The minimum atomic E-state index is 0.0757. The molecule has 1 aromatic heterocycles. The van der Waals surface area contributed by atoms with E-state index in [0.717, 1.165) is 16.8 Å². The number of hydrogen-bond acceptors (Lipinski definition) is 3. The van der Waals surface area contributed by atoms with Crippen molar-refractivity contribution in [1.82, 2.24) is 9.55 Å². The topological polar surface area (TPSA) is 38.1 Å². The maximum Gasteiger partial charge on any atom is 0.168 e. The molecule has 2 atom stereocenters. The molecule has 0 saturated heterocycles. The number of thioether (sulfide) groups is 1. The normalized spacial score (nSPS) is 25.1. The predicted molar refractivity (Wildman–Crippen MR) is 71.0 cm³/mol. The third-order valence-electron chi connectivity index (χ3n) is 3.79. The van der Waals surface area contributed by atoms with E-state index in [1.54, 1.807) is 6.20 Å². The van der Waals surface area contributed by atoms with Crippen molar-refractivity contribution in [2.45, 2.75) is 56.0 Å². The third kappa shape index (κ3) is 3.05. The van der Waals surface area contributed by atoms with E-state index in [1.807, 2.05) is 23.4 Å². The molecule has 0 aromatic carbocycles. The van der Waals surface area contributed by atoms with Crippen LogP contribution < -0.4 is 0 Å². The summed E-state index contributed by atoms with van der Waals surface area (Å²) in [5.41, 5.74) is 0.898. The number of aliphatic hydroxyl groups excluding tert-OH is 1. The molecule has 96 valence electrons. The lowest BCUT2D eigenvalue weighted by molar-refractivity contribution is 0.271. The van der Waals surface area contributed by atoms with Gasteiger partial charge in [0.1, 0.15) is 0 Å². The van der Waals surface area contributed by atoms with Crippen molar-refractivity contribution in [3.8, 4) is 0 Å². The Hall–Kier alpha value is -0.480. The van der Waals surface area contributed by atoms with Gasteiger partial charge in [-0.05, 0) is 18.8 Å². The minimum absolute atomic E-state index is 0.0757. The van der Waals surface area contributed by atoms with Crippen LogP contribution in [0.15, 0.2) is 11.4 Å². The standard InChI is InChI=1S/C13H22N2OS/c1-3-10-5-4-6-12(7-10)17-13-14-8-11(9-16)15(13)2/h8,10,12,16H,3-7,9H2,1-2H3. The van der Waals surface area contributed by atoms with Crippen molar-refractivity contribution in [2.75, 3.05) is 0 Å². The van der Waals surface area contributed by atoms with Crippen molar-refractivity contribution in [3.63, 3.8) is 0 Å². The van der Waals surface area contributed by atoms with Crippen LogP contribution in [0.1, 0.15) is 44.7 Å². The Morgan fingerprint density at radius 3 is 3.00 bits per heavy atom. The lowest BCUT2D eigenvalue weighted by Crippen LogP contribution is -2.17. The summed E-state index contributed by atoms with van der Waals surface area (Å²) in [5.74, 6) is 0.902. The van der Waals surface area contributed by atoms with Crippen molar-refractivity contribution in [3.05, 3.63) is 11.9 Å². The summed E-state index contributed by atoms with van der Waals surface area (Å²) in [4.78, 5) is 4.40. The molecule has 0 amide bonds. The smallest absolute Gasteiger partial charge is 0.168 e. The molecule has 1 heterocycles. The summed E-state index contributed by atoms with van der Waals surface area (Å²) in [5, 5.41) is 10.9. The van der Waals surface area contributed by atoms with Gasteiger partial charge in [-0.2, -0.15) is 0 Å². The van der Waals surface area contributed by atoms with Gasteiger partial charge in [0, 0.05) is 12.3 Å². The summed E-state index contributed by atoms with van der Waals surface area (Å²) < 4.78 is 2.01. The van der Waals surface area contributed by atoms with Gasteiger partial charge in [-0.25, -0.2) is 4.98 Å². The molecule has 2 unspecified atom stereocenters. The first-order chi connectivity index (χ1) is 8.24. The molecule has 1 aliphatic rings. The fourth-order valence-corrected chi connectivity index (χ4v) is 3.89. The van der Waals surface area contributed by atoms with Crippen LogP contribution in [-0.2, 0) is 13.7 Å². The van der Waals surface area contributed by atoms with E-state index in [2.05, 4.69) is 11.9 Å². The molecule has 1 N–H and O–H groups in total. The Kier molecular flexibility index (Phi) is 4.51. The van der Waals surface area contributed by atoms with Crippen LogP contribution >= 0.6 is 11.8 Å². The maximum absolute atomic E-state index is 9.15. The van der Waals surface area contributed by atoms with E-state index >= 15 is 0 Å². The zero-order valence-corrected chi connectivity index (χ0v) is 11.5. The molecule has 2 rings (SSSR count). The fourth-order valence-electron chi connectivity index (χ4n) is 2.55. The van der Waals surface area contributed by atoms with Crippen LogP contribution in [0.3, 0.4) is 0 Å². The molecule has 0 radical (unpaired) electrons. The largest absolute Gasteiger partial charge is 0.390 e. The molecular formula is C13H22N2OS. The van der Waals surface area contributed by atoms with Gasteiger partial charge in [-0.1, -0.05) is 37.9 Å². The van der Waals surface area contributed by atoms with E-state index in [4.69, 9.17) is 5.11 Å². The quantitative estimate of drug-likeness (QED) is 0.897. The first-order valence-corrected chi connectivity index (χ1v) is 7.40. The van der Waals surface area contributed by atoms with Gasteiger partial charge in [0.2, 0.25) is 0 Å². The van der Waals surface area contributed by atoms with Gasteiger partial charge in [0.25, 0.3) is 0 Å². The number of nitrogens with zero attached hydrogens (tertiary/aromatic N) is 2. The van der Waals surface area contributed by atoms with Gasteiger partial charge in [0.15, 0.2) is 5.16 Å². The second-order valence-electron chi connectivity index (χ2n) is 4.93.